The van der Waals surface area contributed by atoms with Crippen molar-refractivity contribution in [2.75, 3.05) is 6.61 Å². The number of ether oxygens (including phenoxy) is 1. The number of hydroxylamine groups is 2. The van der Waals surface area contributed by atoms with Gasteiger partial charge in [-0.2, -0.15) is 5.06 Å². The van der Waals surface area contributed by atoms with Crippen molar-refractivity contribution in [1.82, 2.24) is 5.06 Å². The average Bonchev–Trinajstić information content (AvgIpc) is 2.66. The van der Waals surface area contributed by atoms with Gasteiger partial charge in [0.15, 0.2) is 11.6 Å². The van der Waals surface area contributed by atoms with E-state index in [9.17, 15) is 9.60 Å². The normalized spacial score (nSPS) is 28.0. The molecule has 1 aromatic carbocycles. The van der Waals surface area contributed by atoms with Crippen molar-refractivity contribution in [3.63, 3.8) is 0 Å². The Bertz CT molecular complexity index is 702. The van der Waals surface area contributed by atoms with Crippen molar-refractivity contribution >= 4 is 0 Å². The van der Waals surface area contributed by atoms with Gasteiger partial charge in [0, 0.05) is 11.1 Å². The van der Waals surface area contributed by atoms with Gasteiger partial charge in [0.05, 0.1) is 6.61 Å². The molecule has 0 unspecified atom stereocenters. The van der Waals surface area contributed by atoms with E-state index in [0.717, 1.165) is 31.2 Å². The molecule has 3 nitrogen and oxygen atoms in total. The minimum atomic E-state index is -0.343. The van der Waals surface area contributed by atoms with Crippen LogP contribution in [0.3, 0.4) is 0 Å². The van der Waals surface area contributed by atoms with E-state index in [1.165, 1.54) is 17.9 Å². The topological polar surface area (TPSA) is 32.7 Å². The van der Waals surface area contributed by atoms with Gasteiger partial charge in [-0.3, -0.25) is 0 Å². The van der Waals surface area contributed by atoms with Crippen LogP contribution >= 0.6 is 0 Å². The Balaban J connectivity index is 1.61. The molecule has 0 bridgehead atoms. The van der Waals surface area contributed by atoms with Gasteiger partial charge in [-0.15, -0.1) is 0 Å². The van der Waals surface area contributed by atoms with Gasteiger partial charge in [-0.05, 0) is 109 Å². The van der Waals surface area contributed by atoms with Crippen LogP contribution in [0.25, 0.3) is 0 Å². The second-order valence-corrected chi connectivity index (χ2v) is 10.3. The molecule has 4 heteroatoms. The molecule has 0 radical (unpaired) electrons. The fourth-order valence-electron chi connectivity index (χ4n) is 5.42. The quantitative estimate of drug-likeness (QED) is 0.554. The second-order valence-electron chi connectivity index (χ2n) is 10.3. The van der Waals surface area contributed by atoms with Crippen LogP contribution < -0.4 is 4.74 Å². The highest BCUT2D eigenvalue weighted by Crippen LogP contribution is 2.45. The van der Waals surface area contributed by atoms with Gasteiger partial charge in [0.1, 0.15) is 0 Å². The molecule has 0 aromatic heterocycles. The molecule has 0 atom stereocenters. The molecule has 2 aliphatic rings. The minimum absolute atomic E-state index is 0.217. The van der Waals surface area contributed by atoms with Crippen LogP contribution in [0.5, 0.6) is 5.75 Å². The molecule has 0 amide bonds. The number of hydrogen-bond acceptors (Lipinski definition) is 3. The van der Waals surface area contributed by atoms with Crippen LogP contribution in [-0.2, 0) is 0 Å². The van der Waals surface area contributed by atoms with Crippen molar-refractivity contribution in [3.8, 4) is 5.75 Å². The van der Waals surface area contributed by atoms with E-state index in [0.29, 0.717) is 24.2 Å². The zero-order valence-electron chi connectivity index (χ0n) is 18.7. The fourth-order valence-corrected chi connectivity index (χ4v) is 5.42. The lowest BCUT2D eigenvalue weighted by Gasteiger charge is -2.51. The first-order valence-corrected chi connectivity index (χ1v) is 11.2. The molecule has 162 valence electrons. The van der Waals surface area contributed by atoms with Gasteiger partial charge < -0.3 is 9.94 Å². The van der Waals surface area contributed by atoms with Crippen molar-refractivity contribution < 1.29 is 14.3 Å². The molecule has 3 rings (SSSR count). The number of halogens is 1. The smallest absolute Gasteiger partial charge is 0.165 e. The van der Waals surface area contributed by atoms with E-state index >= 15 is 0 Å². The van der Waals surface area contributed by atoms with E-state index < -0.39 is 0 Å². The molecule has 1 saturated carbocycles. The summed E-state index contributed by atoms with van der Waals surface area (Å²) in [5, 5.41) is 12.0. The van der Waals surface area contributed by atoms with Gasteiger partial charge in [-0.1, -0.05) is 18.2 Å². The van der Waals surface area contributed by atoms with Gasteiger partial charge in [0.2, 0.25) is 0 Å². The summed E-state index contributed by atoms with van der Waals surface area (Å²) in [6.07, 6.45) is 10.7. The Morgan fingerprint density at radius 3 is 2.28 bits per heavy atom. The average molecular weight is 404 g/mol. The molecule has 1 aromatic rings. The third-order valence-electron chi connectivity index (χ3n) is 6.90. The van der Waals surface area contributed by atoms with Gasteiger partial charge >= 0.3 is 0 Å². The van der Waals surface area contributed by atoms with E-state index in [2.05, 4.69) is 19.1 Å². The lowest BCUT2D eigenvalue weighted by molar-refractivity contribution is -0.245. The number of allylic oxidation sites excluding steroid dienone is 2. The standard InChI is InChI=1S/C25H38FNO2/c1-6-7-18-8-10-19(11-9-18)17-29-23-13-12-20(14-22(23)26)21-15-24(2,3)27(28)25(4,5)16-21/h6-7,12-14,18-19,21,28H,8-11,15-17H2,1-5H3/b7-6+. The molecule has 1 saturated heterocycles. The molecular formula is C25H38FNO2. The maximum absolute atomic E-state index is 14.8. The maximum atomic E-state index is 14.8. The van der Waals surface area contributed by atoms with Crippen molar-refractivity contribution in [2.24, 2.45) is 11.8 Å². The summed E-state index contributed by atoms with van der Waals surface area (Å²) >= 11 is 0. The van der Waals surface area contributed by atoms with Crippen LogP contribution in [0.2, 0.25) is 0 Å². The highest BCUT2D eigenvalue weighted by atomic mass is 19.1. The van der Waals surface area contributed by atoms with Crippen molar-refractivity contribution in [1.29, 1.82) is 0 Å². The first-order chi connectivity index (χ1) is 13.6. The van der Waals surface area contributed by atoms with Gasteiger partial charge in [-0.25, -0.2) is 4.39 Å². The molecular weight excluding hydrogens is 365 g/mol. The first kappa shape index (κ1) is 22.3. The molecule has 2 fully saturated rings. The molecule has 0 spiro atoms. The molecule has 1 aliphatic heterocycles. The van der Waals surface area contributed by atoms with Crippen LogP contribution in [0.15, 0.2) is 30.4 Å². The second kappa shape index (κ2) is 8.77. The van der Waals surface area contributed by atoms with Crippen molar-refractivity contribution in [3.05, 3.63) is 41.7 Å². The summed E-state index contributed by atoms with van der Waals surface area (Å²) in [7, 11) is 0. The summed E-state index contributed by atoms with van der Waals surface area (Å²) in [5.41, 5.74) is 0.309. The fraction of sp³-hybridized carbons (Fsp3) is 0.680. The Hall–Kier alpha value is -1.39. The van der Waals surface area contributed by atoms with Crippen molar-refractivity contribution in [2.45, 2.75) is 90.1 Å². The van der Waals surface area contributed by atoms with Crippen LogP contribution in [0, 0.1) is 17.7 Å². The van der Waals surface area contributed by atoms with Crippen LogP contribution in [0.4, 0.5) is 4.39 Å². The Morgan fingerprint density at radius 1 is 1.10 bits per heavy atom. The highest BCUT2D eigenvalue weighted by Gasteiger charge is 2.45. The summed E-state index contributed by atoms with van der Waals surface area (Å²) < 4.78 is 20.7. The van der Waals surface area contributed by atoms with Gasteiger partial charge in [0.25, 0.3) is 0 Å². The summed E-state index contributed by atoms with van der Waals surface area (Å²) in [4.78, 5) is 0. The number of hydrogen-bond donors (Lipinski definition) is 1. The number of piperidine rings is 1. The van der Waals surface area contributed by atoms with E-state index in [1.54, 1.807) is 12.1 Å². The van der Waals surface area contributed by atoms with Crippen LogP contribution in [0.1, 0.15) is 84.6 Å². The minimum Gasteiger partial charge on any atom is -0.490 e. The Morgan fingerprint density at radius 2 is 1.72 bits per heavy atom. The zero-order valence-corrected chi connectivity index (χ0v) is 18.7. The Kier molecular flexibility index (Phi) is 6.74. The summed E-state index contributed by atoms with van der Waals surface area (Å²) in [6.45, 7) is 10.8. The largest absolute Gasteiger partial charge is 0.490 e. The monoisotopic (exact) mass is 403 g/mol. The van der Waals surface area contributed by atoms with E-state index in [-0.39, 0.29) is 22.8 Å². The summed E-state index contributed by atoms with van der Waals surface area (Å²) in [5.74, 6) is 1.53. The molecule has 1 N–H and O–H groups in total. The number of rotatable bonds is 5. The maximum Gasteiger partial charge on any atom is 0.165 e. The Labute approximate surface area is 175 Å². The van der Waals surface area contributed by atoms with Crippen LogP contribution in [-0.4, -0.2) is 28.0 Å². The number of nitrogens with zero attached hydrogens (tertiary/aromatic N) is 1. The first-order valence-electron chi connectivity index (χ1n) is 11.2. The van der Waals surface area contributed by atoms with E-state index in [1.807, 2.05) is 33.8 Å². The predicted molar refractivity (Wildman–Crippen MR) is 116 cm³/mol. The summed E-state index contributed by atoms with van der Waals surface area (Å²) in [6, 6.07) is 5.44. The van der Waals surface area contributed by atoms with E-state index in [4.69, 9.17) is 4.74 Å². The molecule has 1 aliphatic carbocycles. The number of benzene rings is 1. The SMILES string of the molecule is C/C=C/C1CCC(COc2ccc(C3CC(C)(C)N(O)C(C)(C)C3)cc2F)CC1. The lowest BCUT2D eigenvalue weighted by Crippen LogP contribution is -2.58. The highest BCUT2D eigenvalue weighted by molar-refractivity contribution is 5.32. The third kappa shape index (κ3) is 5.21. The third-order valence-corrected chi connectivity index (χ3v) is 6.90. The lowest BCUT2D eigenvalue weighted by atomic mass is 9.73. The zero-order chi connectivity index (χ0) is 21.2. The molecule has 29 heavy (non-hydrogen) atoms. The predicted octanol–water partition coefficient (Wildman–Crippen LogP) is 6.71. The molecule has 1 heterocycles.